The average molecular weight is 233 g/mol. The number of unbranched alkanes of at least 4 members (excludes halogenated alkanes) is 1. The molecule has 2 rings (SSSR count). The summed E-state index contributed by atoms with van der Waals surface area (Å²) < 4.78 is 5.34. The van der Waals surface area contributed by atoms with Crippen molar-refractivity contribution < 1.29 is 14.3 Å². The Labute approximate surface area is 100 Å². The number of amides is 1. The molecule has 0 bridgehead atoms. The van der Waals surface area contributed by atoms with Gasteiger partial charge in [0.25, 0.3) is 5.91 Å². The second-order valence-corrected chi connectivity index (χ2v) is 4.10. The van der Waals surface area contributed by atoms with E-state index in [0.717, 1.165) is 36.1 Å². The number of likely N-dealkylation sites (N-methyl/N-ethyl adjacent to an activating group) is 1. The van der Waals surface area contributed by atoms with E-state index in [1.807, 2.05) is 18.2 Å². The van der Waals surface area contributed by atoms with E-state index in [9.17, 15) is 9.59 Å². The van der Waals surface area contributed by atoms with E-state index in [-0.39, 0.29) is 12.5 Å². The monoisotopic (exact) mass is 233 g/mol. The molecule has 1 heterocycles. The summed E-state index contributed by atoms with van der Waals surface area (Å²) in [6, 6.07) is 5.82. The van der Waals surface area contributed by atoms with Crippen LogP contribution in [0.4, 0.5) is 5.69 Å². The summed E-state index contributed by atoms with van der Waals surface area (Å²) in [4.78, 5) is 23.3. The molecule has 1 aromatic rings. The van der Waals surface area contributed by atoms with E-state index >= 15 is 0 Å². The molecule has 0 saturated carbocycles. The molecule has 0 spiro atoms. The number of anilines is 1. The number of rotatable bonds is 4. The molecule has 0 saturated heterocycles. The summed E-state index contributed by atoms with van der Waals surface area (Å²) in [6.07, 6.45) is 3.17. The van der Waals surface area contributed by atoms with Crippen LogP contribution in [0.25, 0.3) is 0 Å². The van der Waals surface area contributed by atoms with E-state index in [4.69, 9.17) is 4.74 Å². The highest BCUT2D eigenvalue weighted by atomic mass is 16.5. The highest BCUT2D eigenvalue weighted by molar-refractivity contribution is 5.97. The maximum Gasteiger partial charge on any atom is 0.264 e. The third-order valence-electron chi connectivity index (χ3n) is 2.90. The van der Waals surface area contributed by atoms with Gasteiger partial charge in [-0.2, -0.15) is 0 Å². The van der Waals surface area contributed by atoms with Crippen molar-refractivity contribution in [1.29, 1.82) is 0 Å². The number of aryl methyl sites for hydroxylation is 1. The third kappa shape index (κ3) is 2.46. The van der Waals surface area contributed by atoms with Gasteiger partial charge in [-0.25, -0.2) is 0 Å². The molecule has 0 atom stereocenters. The first-order chi connectivity index (χ1) is 8.22. The minimum absolute atomic E-state index is 0.0393. The van der Waals surface area contributed by atoms with E-state index in [1.54, 1.807) is 11.9 Å². The quantitative estimate of drug-likeness (QED) is 0.585. The van der Waals surface area contributed by atoms with Crippen molar-refractivity contribution in [3.8, 4) is 5.75 Å². The minimum Gasteiger partial charge on any atom is -0.482 e. The van der Waals surface area contributed by atoms with Crippen LogP contribution in [-0.2, 0) is 16.0 Å². The number of ether oxygens (including phenoxy) is 1. The van der Waals surface area contributed by atoms with E-state index < -0.39 is 0 Å². The number of fused-ring (bicyclic) bond motifs is 1. The topological polar surface area (TPSA) is 46.6 Å². The van der Waals surface area contributed by atoms with Crippen LogP contribution in [0.5, 0.6) is 5.75 Å². The number of nitrogens with zero attached hydrogens (tertiary/aromatic N) is 1. The zero-order valence-corrected chi connectivity index (χ0v) is 9.81. The fourth-order valence-corrected chi connectivity index (χ4v) is 1.86. The van der Waals surface area contributed by atoms with Crippen LogP contribution < -0.4 is 9.64 Å². The molecule has 0 unspecified atom stereocenters. The van der Waals surface area contributed by atoms with Crippen molar-refractivity contribution in [1.82, 2.24) is 0 Å². The molecule has 1 aromatic carbocycles. The van der Waals surface area contributed by atoms with Crippen molar-refractivity contribution in [2.24, 2.45) is 0 Å². The van der Waals surface area contributed by atoms with Crippen LogP contribution in [0.15, 0.2) is 18.2 Å². The Morgan fingerprint density at radius 1 is 1.47 bits per heavy atom. The zero-order valence-electron chi connectivity index (χ0n) is 9.81. The fourth-order valence-electron chi connectivity index (χ4n) is 1.86. The van der Waals surface area contributed by atoms with Crippen molar-refractivity contribution in [2.75, 3.05) is 18.6 Å². The Balaban J connectivity index is 2.17. The van der Waals surface area contributed by atoms with Crippen LogP contribution in [-0.4, -0.2) is 25.8 Å². The van der Waals surface area contributed by atoms with E-state index in [2.05, 4.69) is 0 Å². The average Bonchev–Trinajstić information content (AvgIpc) is 2.35. The molecular formula is C13H15NO3. The SMILES string of the molecule is CN1C(=O)COc2ccc(CCCC=O)cc21. The Morgan fingerprint density at radius 2 is 2.29 bits per heavy atom. The lowest BCUT2D eigenvalue weighted by Crippen LogP contribution is -2.35. The molecule has 0 radical (unpaired) electrons. The van der Waals surface area contributed by atoms with Crippen LogP contribution in [0.2, 0.25) is 0 Å². The number of aldehydes is 1. The number of carbonyl (C=O) groups excluding carboxylic acids is 2. The standard InChI is InChI=1S/C13H15NO3/c1-14-11-8-10(4-2-3-7-15)5-6-12(11)17-9-13(14)16/h5-8H,2-4,9H2,1H3. The molecule has 0 fully saturated rings. The molecule has 0 N–H and O–H groups in total. The summed E-state index contributed by atoms with van der Waals surface area (Å²) in [6.45, 7) is 0.105. The van der Waals surface area contributed by atoms with Crippen LogP contribution in [0, 0.1) is 0 Å². The van der Waals surface area contributed by atoms with Crippen LogP contribution in [0.1, 0.15) is 18.4 Å². The Kier molecular flexibility index (Phi) is 3.42. The first kappa shape index (κ1) is 11.6. The van der Waals surface area contributed by atoms with Gasteiger partial charge in [-0.15, -0.1) is 0 Å². The summed E-state index contributed by atoms with van der Waals surface area (Å²) in [5, 5.41) is 0. The van der Waals surface area contributed by atoms with Crippen molar-refractivity contribution in [2.45, 2.75) is 19.3 Å². The van der Waals surface area contributed by atoms with Gasteiger partial charge >= 0.3 is 0 Å². The Hall–Kier alpha value is -1.84. The summed E-state index contributed by atoms with van der Waals surface area (Å²) in [5.41, 5.74) is 1.93. The Morgan fingerprint density at radius 3 is 3.06 bits per heavy atom. The molecule has 1 aliphatic heterocycles. The molecule has 4 nitrogen and oxygen atoms in total. The van der Waals surface area contributed by atoms with E-state index in [0.29, 0.717) is 6.42 Å². The second kappa shape index (κ2) is 4.99. The first-order valence-electron chi connectivity index (χ1n) is 5.68. The van der Waals surface area contributed by atoms with Gasteiger partial charge in [0, 0.05) is 13.5 Å². The van der Waals surface area contributed by atoms with Gasteiger partial charge in [0.15, 0.2) is 6.61 Å². The van der Waals surface area contributed by atoms with Crippen molar-refractivity contribution >= 4 is 17.9 Å². The highest BCUT2D eigenvalue weighted by Gasteiger charge is 2.21. The van der Waals surface area contributed by atoms with Gasteiger partial charge in [-0.1, -0.05) is 6.07 Å². The molecule has 90 valence electrons. The zero-order chi connectivity index (χ0) is 12.3. The molecule has 1 aliphatic rings. The van der Waals surface area contributed by atoms with Crippen LogP contribution in [0.3, 0.4) is 0 Å². The smallest absolute Gasteiger partial charge is 0.264 e. The van der Waals surface area contributed by atoms with Crippen LogP contribution >= 0.6 is 0 Å². The largest absolute Gasteiger partial charge is 0.482 e. The molecule has 0 aromatic heterocycles. The van der Waals surface area contributed by atoms with Gasteiger partial charge in [0.05, 0.1) is 5.69 Å². The van der Waals surface area contributed by atoms with Gasteiger partial charge in [-0.05, 0) is 30.5 Å². The predicted octanol–water partition coefficient (Wildman–Crippen LogP) is 1.56. The van der Waals surface area contributed by atoms with Gasteiger partial charge in [-0.3, -0.25) is 4.79 Å². The predicted molar refractivity (Wildman–Crippen MR) is 64.3 cm³/mol. The molecular weight excluding hydrogens is 218 g/mol. The lowest BCUT2D eigenvalue weighted by Gasteiger charge is -2.26. The van der Waals surface area contributed by atoms with E-state index in [1.165, 1.54) is 0 Å². The summed E-state index contributed by atoms with van der Waals surface area (Å²) in [7, 11) is 1.75. The normalized spacial score (nSPS) is 14.2. The van der Waals surface area contributed by atoms with Gasteiger partial charge < -0.3 is 14.4 Å². The maximum atomic E-state index is 11.5. The molecule has 1 amide bonds. The first-order valence-corrected chi connectivity index (χ1v) is 5.68. The summed E-state index contributed by atoms with van der Waals surface area (Å²) >= 11 is 0. The Bertz CT molecular complexity index is 442. The van der Waals surface area contributed by atoms with Gasteiger partial charge in [0.2, 0.25) is 0 Å². The van der Waals surface area contributed by atoms with Gasteiger partial charge in [0.1, 0.15) is 12.0 Å². The number of benzene rings is 1. The maximum absolute atomic E-state index is 11.5. The number of carbonyl (C=O) groups is 2. The minimum atomic E-state index is -0.0393. The molecule has 17 heavy (non-hydrogen) atoms. The third-order valence-corrected chi connectivity index (χ3v) is 2.90. The lowest BCUT2D eigenvalue weighted by atomic mass is 10.1. The summed E-state index contributed by atoms with van der Waals surface area (Å²) in [5.74, 6) is 0.703. The number of hydrogen-bond donors (Lipinski definition) is 0. The highest BCUT2D eigenvalue weighted by Crippen LogP contribution is 2.32. The fraction of sp³-hybridized carbons (Fsp3) is 0.385. The van der Waals surface area contributed by atoms with Crippen molar-refractivity contribution in [3.05, 3.63) is 23.8 Å². The second-order valence-electron chi connectivity index (χ2n) is 4.10. The molecule has 4 heteroatoms. The lowest BCUT2D eigenvalue weighted by molar-refractivity contribution is -0.121. The number of hydrogen-bond acceptors (Lipinski definition) is 3. The van der Waals surface area contributed by atoms with Crippen molar-refractivity contribution in [3.63, 3.8) is 0 Å². The molecule has 0 aliphatic carbocycles.